The van der Waals surface area contributed by atoms with Crippen LogP contribution in [-0.4, -0.2) is 47.8 Å². The fourth-order valence-corrected chi connectivity index (χ4v) is 6.74. The van der Waals surface area contributed by atoms with E-state index in [4.69, 9.17) is 0 Å². The van der Waals surface area contributed by atoms with Gasteiger partial charge in [0.1, 0.15) is 0 Å². The molecule has 0 unspecified atom stereocenters. The highest BCUT2D eigenvalue weighted by molar-refractivity contribution is 8.01. The third-order valence-corrected chi connectivity index (χ3v) is 8.64. The number of nitrogens with one attached hydrogen (secondary N) is 1. The highest BCUT2D eigenvalue weighted by Crippen LogP contribution is 2.29. The van der Waals surface area contributed by atoms with Gasteiger partial charge in [0.15, 0.2) is 14.2 Å². The summed E-state index contributed by atoms with van der Waals surface area (Å²) in [5.41, 5.74) is 1.87. The van der Waals surface area contributed by atoms with E-state index >= 15 is 0 Å². The van der Waals surface area contributed by atoms with Crippen molar-refractivity contribution in [1.29, 1.82) is 0 Å². The maximum atomic E-state index is 13.1. The van der Waals surface area contributed by atoms with Crippen molar-refractivity contribution in [3.8, 4) is 0 Å². The number of amides is 1. The third-order valence-electron chi connectivity index (χ3n) is 4.89. The van der Waals surface area contributed by atoms with Crippen LogP contribution in [0.5, 0.6) is 0 Å². The first-order chi connectivity index (χ1) is 15.0. The number of hydrogen-bond acceptors (Lipinski definition) is 8. The molecule has 0 radical (unpaired) electrons. The second-order valence-corrected chi connectivity index (χ2v) is 11.6. The van der Waals surface area contributed by atoms with E-state index in [2.05, 4.69) is 15.5 Å². The van der Waals surface area contributed by atoms with Crippen molar-refractivity contribution >= 4 is 49.7 Å². The van der Waals surface area contributed by atoms with Gasteiger partial charge in [-0.1, -0.05) is 71.6 Å². The van der Waals surface area contributed by atoms with Crippen LogP contribution in [0.2, 0.25) is 0 Å². The number of nitrogens with zero attached hydrogens (tertiary/aromatic N) is 3. The van der Waals surface area contributed by atoms with Gasteiger partial charge < -0.3 is 10.2 Å². The summed E-state index contributed by atoms with van der Waals surface area (Å²) in [6, 6.07) is 18.9. The zero-order chi connectivity index (χ0) is 21.7. The molecule has 4 rings (SSSR count). The van der Waals surface area contributed by atoms with Gasteiger partial charge in [-0.3, -0.25) is 4.79 Å². The molecule has 1 atom stereocenters. The molecule has 0 spiro atoms. The van der Waals surface area contributed by atoms with Gasteiger partial charge in [-0.05, 0) is 24.1 Å². The summed E-state index contributed by atoms with van der Waals surface area (Å²) in [5.74, 6) is 0.157. The number of carbonyl (C=O) groups is 1. The molecule has 3 aromatic rings. The van der Waals surface area contributed by atoms with Crippen molar-refractivity contribution in [2.24, 2.45) is 0 Å². The Bertz CT molecular complexity index is 1120. The molecule has 1 fully saturated rings. The number of aromatic nitrogens is 2. The Morgan fingerprint density at radius 1 is 1.10 bits per heavy atom. The number of anilines is 2. The van der Waals surface area contributed by atoms with Crippen molar-refractivity contribution in [2.75, 3.05) is 27.5 Å². The Hall–Kier alpha value is -2.43. The van der Waals surface area contributed by atoms with Crippen LogP contribution in [-0.2, 0) is 21.2 Å². The molecule has 1 amide bonds. The van der Waals surface area contributed by atoms with Gasteiger partial charge in [-0.2, -0.15) is 0 Å². The Labute approximate surface area is 189 Å². The van der Waals surface area contributed by atoms with Gasteiger partial charge in [0.25, 0.3) is 0 Å². The Balaban J connectivity index is 1.38. The summed E-state index contributed by atoms with van der Waals surface area (Å²) in [7, 11) is -3.10. The summed E-state index contributed by atoms with van der Waals surface area (Å²) in [6.07, 6.45) is 0.458. The molecule has 1 N–H and O–H groups in total. The monoisotopic (exact) mass is 474 g/mol. The lowest BCUT2D eigenvalue weighted by atomic mass is 10.2. The summed E-state index contributed by atoms with van der Waals surface area (Å²) >= 11 is 2.71. The Morgan fingerprint density at radius 2 is 1.81 bits per heavy atom. The van der Waals surface area contributed by atoms with E-state index in [-0.39, 0.29) is 29.2 Å². The van der Waals surface area contributed by atoms with Gasteiger partial charge in [0.2, 0.25) is 11.0 Å². The first kappa shape index (κ1) is 21.8. The van der Waals surface area contributed by atoms with E-state index in [0.717, 1.165) is 11.3 Å². The smallest absolute Gasteiger partial charge is 0.237 e. The number of hydrogen-bond donors (Lipinski definition) is 1. The SMILES string of the molecule is O=C(CSc1nnc(NCc2ccccc2)s1)N(c1ccccc1)[C@H]1CCS(=O)(=O)C1. The van der Waals surface area contributed by atoms with Crippen LogP contribution in [0.4, 0.5) is 10.8 Å². The molecule has 10 heteroatoms. The molecule has 2 aromatic carbocycles. The van der Waals surface area contributed by atoms with Crippen LogP contribution in [0.25, 0.3) is 0 Å². The third kappa shape index (κ3) is 5.84. The van der Waals surface area contributed by atoms with E-state index in [1.807, 2.05) is 60.7 Å². The first-order valence-corrected chi connectivity index (χ1v) is 13.4. The van der Waals surface area contributed by atoms with Gasteiger partial charge in [-0.15, -0.1) is 10.2 Å². The van der Waals surface area contributed by atoms with Gasteiger partial charge in [0, 0.05) is 12.2 Å². The normalized spacial score (nSPS) is 17.4. The lowest BCUT2D eigenvalue weighted by Gasteiger charge is -2.28. The van der Waals surface area contributed by atoms with Crippen LogP contribution in [0.15, 0.2) is 65.0 Å². The van der Waals surface area contributed by atoms with Crippen molar-refractivity contribution < 1.29 is 13.2 Å². The quantitative estimate of drug-likeness (QED) is 0.500. The maximum absolute atomic E-state index is 13.1. The Morgan fingerprint density at radius 3 is 2.48 bits per heavy atom. The number of thioether (sulfide) groups is 1. The summed E-state index contributed by atoms with van der Waals surface area (Å²) < 4.78 is 24.6. The van der Waals surface area contributed by atoms with E-state index in [9.17, 15) is 13.2 Å². The van der Waals surface area contributed by atoms with E-state index < -0.39 is 9.84 Å². The van der Waals surface area contributed by atoms with E-state index in [1.165, 1.54) is 23.1 Å². The molecule has 162 valence electrons. The zero-order valence-corrected chi connectivity index (χ0v) is 19.1. The average molecular weight is 475 g/mol. The minimum atomic E-state index is -3.10. The lowest BCUT2D eigenvalue weighted by molar-refractivity contribution is -0.116. The topological polar surface area (TPSA) is 92.3 Å². The van der Waals surface area contributed by atoms with Crippen LogP contribution in [0.1, 0.15) is 12.0 Å². The molecule has 0 aliphatic carbocycles. The number of benzene rings is 2. The molecular formula is C21H22N4O3S3. The van der Waals surface area contributed by atoms with E-state index in [1.54, 1.807) is 4.90 Å². The molecule has 1 aliphatic rings. The predicted octanol–water partition coefficient (Wildman–Crippen LogP) is 3.46. The Kier molecular flexibility index (Phi) is 6.89. The van der Waals surface area contributed by atoms with Gasteiger partial charge in [0.05, 0.1) is 23.3 Å². The molecule has 1 aliphatic heterocycles. The molecular weight excluding hydrogens is 452 g/mol. The van der Waals surface area contributed by atoms with Crippen LogP contribution in [0, 0.1) is 0 Å². The summed E-state index contributed by atoms with van der Waals surface area (Å²) in [6.45, 7) is 0.650. The minimum absolute atomic E-state index is 0.00463. The zero-order valence-electron chi connectivity index (χ0n) is 16.7. The van der Waals surface area contributed by atoms with Crippen LogP contribution >= 0.6 is 23.1 Å². The van der Waals surface area contributed by atoms with Crippen LogP contribution in [0.3, 0.4) is 0 Å². The second kappa shape index (κ2) is 9.80. The molecule has 2 heterocycles. The molecule has 1 aromatic heterocycles. The molecule has 31 heavy (non-hydrogen) atoms. The first-order valence-electron chi connectivity index (χ1n) is 9.82. The molecule has 7 nitrogen and oxygen atoms in total. The van der Waals surface area contributed by atoms with Crippen LogP contribution < -0.4 is 10.2 Å². The average Bonchev–Trinajstić information content (AvgIpc) is 3.38. The fraction of sp³-hybridized carbons (Fsp3) is 0.286. The van der Waals surface area contributed by atoms with Crippen molar-refractivity contribution in [1.82, 2.24) is 10.2 Å². The number of sulfone groups is 1. The molecule has 0 bridgehead atoms. The number of carbonyl (C=O) groups excluding carboxylic acids is 1. The highest BCUT2D eigenvalue weighted by atomic mass is 32.2. The minimum Gasteiger partial charge on any atom is -0.356 e. The second-order valence-electron chi connectivity index (χ2n) is 7.16. The predicted molar refractivity (Wildman–Crippen MR) is 125 cm³/mol. The highest BCUT2D eigenvalue weighted by Gasteiger charge is 2.35. The number of rotatable bonds is 8. The number of para-hydroxylation sites is 1. The summed E-state index contributed by atoms with van der Waals surface area (Å²) in [5, 5.41) is 12.2. The van der Waals surface area contributed by atoms with E-state index in [0.29, 0.717) is 22.4 Å². The largest absolute Gasteiger partial charge is 0.356 e. The lowest BCUT2D eigenvalue weighted by Crippen LogP contribution is -2.42. The van der Waals surface area contributed by atoms with Gasteiger partial charge in [-0.25, -0.2) is 8.42 Å². The van der Waals surface area contributed by atoms with Crippen molar-refractivity contribution in [3.05, 3.63) is 66.2 Å². The van der Waals surface area contributed by atoms with Crippen molar-refractivity contribution in [2.45, 2.75) is 23.3 Å². The van der Waals surface area contributed by atoms with Gasteiger partial charge >= 0.3 is 0 Å². The molecule has 1 saturated heterocycles. The standard InChI is InChI=1S/C21H22N4O3S3/c26-19(25(17-9-5-2-6-10-17)18-11-12-31(27,28)15-18)14-29-21-24-23-20(30-21)22-13-16-7-3-1-4-8-16/h1-10,18H,11-15H2,(H,22,23)/t18-/m0/s1. The fourth-order valence-electron chi connectivity index (χ4n) is 3.43. The molecule has 0 saturated carbocycles. The van der Waals surface area contributed by atoms with Crippen molar-refractivity contribution in [3.63, 3.8) is 0 Å². The maximum Gasteiger partial charge on any atom is 0.237 e. The summed E-state index contributed by atoms with van der Waals surface area (Å²) in [4.78, 5) is 14.7.